The lowest BCUT2D eigenvalue weighted by Crippen LogP contribution is -2.43. The number of carbonyl (C=O) groups excluding carboxylic acids is 5. The van der Waals surface area contributed by atoms with E-state index in [4.69, 9.17) is 72.2 Å². The number of rotatable bonds is 42. The zero-order chi connectivity index (χ0) is 73.9. The van der Waals surface area contributed by atoms with Gasteiger partial charge in [0, 0.05) is 25.9 Å². The van der Waals surface area contributed by atoms with Crippen LogP contribution in [0.4, 0.5) is 9.59 Å². The molecule has 0 radical (unpaired) electrons. The maximum absolute atomic E-state index is 12.8. The molecule has 0 heterocycles. The molecule has 100 heavy (non-hydrogen) atoms. The second-order valence-corrected chi connectivity index (χ2v) is 25.0. The Balaban J connectivity index is 0.000000508. The molecular weight excluding hydrogens is 1320 g/mol. The van der Waals surface area contributed by atoms with Crippen molar-refractivity contribution >= 4 is 46.1 Å². The molecule has 556 valence electrons. The number of carboxylic acid groups (broad SMARTS) is 1. The molecule has 5 aromatic carbocycles. The van der Waals surface area contributed by atoms with Crippen molar-refractivity contribution in [1.82, 2.24) is 16.0 Å². The van der Waals surface area contributed by atoms with Crippen molar-refractivity contribution in [2.24, 2.45) is 5.73 Å². The van der Waals surface area contributed by atoms with Gasteiger partial charge in [-0.2, -0.15) is 8.42 Å². The number of hydrogen-bond donors (Lipinski definition) is 8. The maximum atomic E-state index is 12.8. The van der Waals surface area contributed by atoms with Gasteiger partial charge in [0.1, 0.15) is 48.0 Å². The number of carboxylic acids is 1. The Kier molecular flexibility index (Phi) is 45.4. The van der Waals surface area contributed by atoms with Crippen LogP contribution in [-0.2, 0) is 112 Å². The molecule has 28 nitrogen and oxygen atoms in total. The van der Waals surface area contributed by atoms with Crippen LogP contribution >= 0.6 is 0 Å². The van der Waals surface area contributed by atoms with Gasteiger partial charge in [0.05, 0.1) is 117 Å². The smallest absolute Gasteiger partial charge is 0.407 e. The van der Waals surface area contributed by atoms with Crippen molar-refractivity contribution in [3.05, 3.63) is 161 Å². The van der Waals surface area contributed by atoms with Crippen LogP contribution in [-0.4, -0.2) is 206 Å². The summed E-state index contributed by atoms with van der Waals surface area (Å²) in [5, 5.41) is 35.1. The predicted molar refractivity (Wildman–Crippen MR) is 369 cm³/mol. The molecule has 0 aromatic heterocycles. The average molecular weight is 1430 g/mol. The lowest BCUT2D eigenvalue weighted by Gasteiger charge is -2.19. The van der Waals surface area contributed by atoms with Gasteiger partial charge in [-0.25, -0.2) is 14.4 Å². The minimum atomic E-state index is -4.02. The zero-order valence-electron chi connectivity index (χ0n) is 58.3. The Hall–Kier alpha value is -8.33. The second kappa shape index (κ2) is 51.8. The summed E-state index contributed by atoms with van der Waals surface area (Å²) in [5.41, 5.74) is 9.14. The van der Waals surface area contributed by atoms with Crippen molar-refractivity contribution in [2.75, 3.05) is 119 Å². The van der Waals surface area contributed by atoms with Gasteiger partial charge in [-0.15, -0.1) is 0 Å². The van der Waals surface area contributed by atoms with Gasteiger partial charge in [-0.1, -0.05) is 103 Å². The third-order valence-electron chi connectivity index (χ3n) is 12.5. The number of aliphatic carboxylic acids is 1. The summed E-state index contributed by atoms with van der Waals surface area (Å²) in [4.78, 5) is 70.2. The molecule has 0 aliphatic heterocycles. The van der Waals surface area contributed by atoms with E-state index in [1.807, 2.05) is 67.6 Å². The molecule has 3 amide bonds. The van der Waals surface area contributed by atoms with Crippen LogP contribution in [0.3, 0.4) is 0 Å². The quantitative estimate of drug-likeness (QED) is 0.00813. The van der Waals surface area contributed by atoms with E-state index in [9.17, 15) is 47.4 Å². The van der Waals surface area contributed by atoms with Crippen molar-refractivity contribution in [2.45, 2.75) is 116 Å². The number of carbonyl (C=O) groups is 6. The van der Waals surface area contributed by atoms with E-state index in [1.165, 1.54) is 24.3 Å². The molecule has 2 atom stereocenters. The molecular formula is C71H102N4O24S. The highest BCUT2D eigenvalue weighted by atomic mass is 32.2. The molecule has 0 aliphatic rings. The van der Waals surface area contributed by atoms with Crippen LogP contribution in [0, 0.1) is 6.92 Å². The number of esters is 2. The molecule has 0 saturated carbocycles. The number of amides is 3. The molecule has 0 aliphatic carbocycles. The fourth-order valence-electron chi connectivity index (χ4n) is 7.60. The molecule has 0 saturated heterocycles. The molecule has 5 rings (SSSR count). The van der Waals surface area contributed by atoms with E-state index in [0.29, 0.717) is 112 Å². The minimum Gasteiger partial charge on any atom is -0.508 e. The number of aromatic hydroxyl groups is 2. The summed E-state index contributed by atoms with van der Waals surface area (Å²) in [7, 11) is -4.02. The summed E-state index contributed by atoms with van der Waals surface area (Å²) in [6.45, 7) is 19.5. The van der Waals surface area contributed by atoms with E-state index >= 15 is 0 Å². The number of benzene rings is 5. The Morgan fingerprint density at radius 2 is 0.800 bits per heavy atom. The normalized spacial score (nSPS) is 11.7. The van der Waals surface area contributed by atoms with E-state index in [1.54, 1.807) is 90.1 Å². The number of hydrogen-bond acceptors (Lipinski definition) is 23. The van der Waals surface area contributed by atoms with Gasteiger partial charge in [-0.3, -0.25) is 18.9 Å². The first-order chi connectivity index (χ1) is 47.6. The van der Waals surface area contributed by atoms with E-state index in [2.05, 4.69) is 16.0 Å². The Morgan fingerprint density at radius 3 is 1.17 bits per heavy atom. The second-order valence-electron chi connectivity index (χ2n) is 23.6. The summed E-state index contributed by atoms with van der Waals surface area (Å²) in [6, 6.07) is 36.2. The number of alkyl carbamates (subject to hydrolysis) is 2. The fourth-order valence-corrected chi connectivity index (χ4v) is 8.08. The molecule has 9 N–H and O–H groups in total. The van der Waals surface area contributed by atoms with E-state index in [-0.39, 0.29) is 68.0 Å². The number of ether oxygens (including phenoxy) is 12. The van der Waals surface area contributed by atoms with Gasteiger partial charge >= 0.3 is 30.1 Å². The first-order valence-corrected chi connectivity index (χ1v) is 33.9. The van der Waals surface area contributed by atoms with Crippen LogP contribution in [0.2, 0.25) is 0 Å². The van der Waals surface area contributed by atoms with Crippen molar-refractivity contribution < 1.29 is 114 Å². The predicted octanol–water partition coefficient (Wildman–Crippen LogP) is 7.44. The number of nitrogens with two attached hydrogens (primary N) is 1. The van der Waals surface area contributed by atoms with Gasteiger partial charge in [0.2, 0.25) is 5.91 Å². The van der Waals surface area contributed by atoms with Gasteiger partial charge < -0.3 is 93.8 Å². The highest BCUT2D eigenvalue weighted by Crippen LogP contribution is 2.15. The molecule has 5 aromatic rings. The molecule has 2 unspecified atom stereocenters. The van der Waals surface area contributed by atoms with Crippen molar-refractivity contribution in [1.29, 1.82) is 0 Å². The third kappa shape index (κ3) is 49.2. The van der Waals surface area contributed by atoms with Gasteiger partial charge in [0.25, 0.3) is 10.1 Å². The monoisotopic (exact) mass is 1430 g/mol. The summed E-state index contributed by atoms with van der Waals surface area (Å²) in [5.74, 6) is -1.90. The Morgan fingerprint density at radius 1 is 0.450 bits per heavy atom. The van der Waals surface area contributed by atoms with Crippen molar-refractivity contribution in [3.63, 3.8) is 0 Å². The fraction of sp³-hybridized carbons (Fsp3) is 0.493. The highest BCUT2D eigenvalue weighted by molar-refractivity contribution is 7.85. The number of nitrogens with one attached hydrogen (secondary N) is 3. The van der Waals surface area contributed by atoms with Crippen molar-refractivity contribution in [3.8, 4) is 11.5 Å². The Labute approximate surface area is 586 Å². The van der Waals surface area contributed by atoms with Gasteiger partial charge in [0.15, 0.2) is 0 Å². The molecule has 29 heteroatoms. The molecule has 0 fully saturated rings. The van der Waals surface area contributed by atoms with E-state index < -0.39 is 63.5 Å². The molecule has 0 bridgehead atoms. The van der Waals surface area contributed by atoms with Gasteiger partial charge in [-0.05, 0) is 114 Å². The van der Waals surface area contributed by atoms with Crippen LogP contribution in [0.5, 0.6) is 11.5 Å². The van der Waals surface area contributed by atoms with Crippen LogP contribution in [0.15, 0.2) is 138 Å². The Bertz CT molecular complexity index is 3140. The minimum absolute atomic E-state index is 0.00357. The van der Waals surface area contributed by atoms with Crippen LogP contribution < -0.4 is 21.7 Å². The zero-order valence-corrected chi connectivity index (χ0v) is 59.1. The van der Waals surface area contributed by atoms with Crippen LogP contribution in [0.1, 0.15) is 82.2 Å². The lowest BCUT2D eigenvalue weighted by molar-refractivity contribution is -0.149. The topological polar surface area (TPSA) is 390 Å². The average Bonchev–Trinajstić information content (AvgIpc) is 0.906. The summed E-state index contributed by atoms with van der Waals surface area (Å²) in [6.07, 6.45) is -0.280. The SMILES string of the molecule is CC(C)(C)OC(=O)NCCOCCOCCOCCOCCC(=O)NC(Cc1ccc(O)cc1)C(=O)OCc1ccccc1.CC(C)(C)OC(=O)NCCOCCOCCOCCOCCC(=O)O.Cc1ccc(S(=O)(=O)O)cc1.NC(Cc1ccc(O)cc1)C(=O)OCc1ccccc1. The highest BCUT2D eigenvalue weighted by Gasteiger charge is 2.24. The largest absolute Gasteiger partial charge is 0.508 e. The lowest BCUT2D eigenvalue weighted by atomic mass is 10.1. The summed E-state index contributed by atoms with van der Waals surface area (Å²) < 4.78 is 93.1. The maximum Gasteiger partial charge on any atom is 0.407 e. The standard InChI is InChI=1S/C32H46N2O10.C16H31NO8.C16H17NO3.C7H8O3S/c1-32(2,3)44-31(38)33-14-16-40-18-20-42-22-21-41-19-17-39-15-13-29(36)34-28(23-25-9-11-27(35)12-10-25)30(37)43-24-26-7-5-4-6-8-26;1-16(2,3)25-15(20)17-5-7-22-9-11-24-13-12-23-10-8-21-6-4-14(18)19;17-15(10-12-6-8-14(18)9-7-12)16(19)20-11-13-4-2-1-3-5-13;1-6-2-4-7(5-3-6)11(8,9)10/h4-12,28,35H,13-24H2,1-3H3,(H,33,38)(H,34,36);4-13H2,1-3H3,(H,17,20)(H,18,19);1-9,15,18H,10-11,17H2;2-5H,1H3,(H,8,9,10). The first-order valence-electron chi connectivity index (χ1n) is 32.4. The third-order valence-corrected chi connectivity index (χ3v) is 13.3. The molecule has 0 spiro atoms. The van der Waals surface area contributed by atoms with Crippen LogP contribution in [0.25, 0.3) is 0 Å². The number of phenolic OH excluding ortho intramolecular Hbond substituents is 2. The first kappa shape index (κ1) is 87.8. The number of aryl methyl sites for hydroxylation is 1. The summed E-state index contributed by atoms with van der Waals surface area (Å²) >= 11 is 0. The number of phenols is 2. The van der Waals surface area contributed by atoms with E-state index in [0.717, 1.165) is 27.8 Å².